The number of guanidine groups is 1. The number of morpholine rings is 1. The van der Waals surface area contributed by atoms with Crippen molar-refractivity contribution >= 4 is 5.96 Å². The second-order valence-corrected chi connectivity index (χ2v) is 6.47. The normalized spacial score (nSPS) is 15.7. The van der Waals surface area contributed by atoms with Gasteiger partial charge in [0.1, 0.15) is 5.75 Å². The number of aryl methyl sites for hydroxylation is 1. The van der Waals surface area contributed by atoms with Gasteiger partial charge in [-0.2, -0.15) is 0 Å². The quantitative estimate of drug-likeness (QED) is 0.401. The lowest BCUT2D eigenvalue weighted by Gasteiger charge is -2.26. The SMILES string of the molecule is CCNC(=NCc1ccc(C)cc1OCC)NCCCN1CCOCC1. The van der Waals surface area contributed by atoms with Gasteiger partial charge in [-0.25, -0.2) is 4.99 Å². The minimum Gasteiger partial charge on any atom is -0.494 e. The largest absolute Gasteiger partial charge is 0.494 e. The van der Waals surface area contributed by atoms with Crippen molar-refractivity contribution in [3.63, 3.8) is 0 Å². The first kappa shape index (κ1) is 20.5. The van der Waals surface area contributed by atoms with Crippen LogP contribution >= 0.6 is 0 Å². The van der Waals surface area contributed by atoms with Gasteiger partial charge in [0.2, 0.25) is 0 Å². The smallest absolute Gasteiger partial charge is 0.191 e. The molecule has 146 valence electrons. The van der Waals surface area contributed by atoms with Crippen LogP contribution in [0.2, 0.25) is 0 Å². The second-order valence-electron chi connectivity index (χ2n) is 6.47. The van der Waals surface area contributed by atoms with Crippen LogP contribution in [0.25, 0.3) is 0 Å². The molecule has 0 spiro atoms. The van der Waals surface area contributed by atoms with E-state index >= 15 is 0 Å². The molecule has 0 saturated carbocycles. The summed E-state index contributed by atoms with van der Waals surface area (Å²) in [5.74, 6) is 1.79. The summed E-state index contributed by atoms with van der Waals surface area (Å²) in [6, 6.07) is 6.29. The van der Waals surface area contributed by atoms with Crippen LogP contribution in [-0.2, 0) is 11.3 Å². The summed E-state index contributed by atoms with van der Waals surface area (Å²) in [6.45, 7) is 14.1. The van der Waals surface area contributed by atoms with Crippen molar-refractivity contribution in [3.8, 4) is 5.75 Å². The van der Waals surface area contributed by atoms with E-state index in [2.05, 4.69) is 47.6 Å². The van der Waals surface area contributed by atoms with Crippen molar-refractivity contribution in [2.24, 2.45) is 4.99 Å². The molecule has 6 nitrogen and oxygen atoms in total. The summed E-state index contributed by atoms with van der Waals surface area (Å²) in [6.07, 6.45) is 1.10. The van der Waals surface area contributed by atoms with Gasteiger partial charge < -0.3 is 20.1 Å². The van der Waals surface area contributed by atoms with E-state index in [0.717, 1.165) is 69.6 Å². The van der Waals surface area contributed by atoms with Gasteiger partial charge in [-0.3, -0.25) is 4.90 Å². The molecule has 1 aliphatic heterocycles. The Labute approximate surface area is 158 Å². The fourth-order valence-corrected chi connectivity index (χ4v) is 2.92. The van der Waals surface area contributed by atoms with E-state index in [1.807, 2.05) is 6.92 Å². The summed E-state index contributed by atoms with van der Waals surface area (Å²) in [7, 11) is 0. The van der Waals surface area contributed by atoms with Crippen LogP contribution in [0.15, 0.2) is 23.2 Å². The highest BCUT2D eigenvalue weighted by Crippen LogP contribution is 2.21. The molecule has 0 aromatic heterocycles. The number of nitrogens with one attached hydrogen (secondary N) is 2. The van der Waals surface area contributed by atoms with Gasteiger partial charge in [-0.15, -0.1) is 0 Å². The lowest BCUT2D eigenvalue weighted by Crippen LogP contribution is -2.40. The second kappa shape index (κ2) is 11.8. The zero-order valence-corrected chi connectivity index (χ0v) is 16.5. The third kappa shape index (κ3) is 7.22. The van der Waals surface area contributed by atoms with E-state index in [0.29, 0.717) is 13.2 Å². The highest BCUT2D eigenvalue weighted by Gasteiger charge is 2.09. The van der Waals surface area contributed by atoms with Crippen molar-refractivity contribution < 1.29 is 9.47 Å². The van der Waals surface area contributed by atoms with Gasteiger partial charge >= 0.3 is 0 Å². The monoisotopic (exact) mass is 362 g/mol. The summed E-state index contributed by atoms with van der Waals surface area (Å²) in [4.78, 5) is 7.18. The first-order valence-electron chi connectivity index (χ1n) is 9.77. The highest BCUT2D eigenvalue weighted by molar-refractivity contribution is 5.79. The Kier molecular flexibility index (Phi) is 9.28. The van der Waals surface area contributed by atoms with Crippen LogP contribution in [-0.4, -0.2) is 63.4 Å². The van der Waals surface area contributed by atoms with E-state index < -0.39 is 0 Å². The maximum atomic E-state index is 5.75. The fraction of sp³-hybridized carbons (Fsp3) is 0.650. The standard InChI is InChI=1S/C20H34N4O2/c1-4-21-20(22-9-6-10-24-11-13-25-14-12-24)23-16-18-8-7-17(3)15-19(18)26-5-2/h7-8,15H,4-6,9-14,16H2,1-3H3,(H2,21,22,23). The van der Waals surface area contributed by atoms with Gasteiger partial charge in [0.05, 0.1) is 26.4 Å². The van der Waals surface area contributed by atoms with Gasteiger partial charge in [-0.05, 0) is 45.4 Å². The Balaban J connectivity index is 1.83. The van der Waals surface area contributed by atoms with Gasteiger partial charge in [0.25, 0.3) is 0 Å². The third-order valence-corrected chi connectivity index (χ3v) is 4.32. The minimum absolute atomic E-state index is 0.606. The molecule has 1 aromatic carbocycles. The topological polar surface area (TPSA) is 58.1 Å². The summed E-state index contributed by atoms with van der Waals surface area (Å²) >= 11 is 0. The van der Waals surface area contributed by atoms with Gasteiger partial charge in [0.15, 0.2) is 5.96 Å². The Morgan fingerprint density at radius 2 is 2.04 bits per heavy atom. The fourth-order valence-electron chi connectivity index (χ4n) is 2.92. The van der Waals surface area contributed by atoms with E-state index in [4.69, 9.17) is 14.5 Å². The number of ether oxygens (including phenoxy) is 2. The van der Waals surface area contributed by atoms with Gasteiger partial charge in [0, 0.05) is 31.7 Å². The number of rotatable bonds is 9. The molecule has 6 heteroatoms. The average Bonchev–Trinajstić information content (AvgIpc) is 2.65. The Morgan fingerprint density at radius 3 is 2.77 bits per heavy atom. The summed E-state index contributed by atoms with van der Waals surface area (Å²) in [5.41, 5.74) is 2.32. The molecule has 0 aliphatic carbocycles. The molecular weight excluding hydrogens is 328 g/mol. The van der Waals surface area contributed by atoms with Crippen molar-refractivity contribution in [3.05, 3.63) is 29.3 Å². The molecule has 2 N–H and O–H groups in total. The summed E-state index contributed by atoms with van der Waals surface area (Å²) < 4.78 is 11.1. The Bertz CT molecular complexity index is 557. The molecular formula is C20H34N4O2. The van der Waals surface area contributed by atoms with Crippen LogP contribution in [0, 0.1) is 6.92 Å². The maximum absolute atomic E-state index is 5.75. The molecule has 0 amide bonds. The maximum Gasteiger partial charge on any atom is 0.191 e. The molecule has 0 atom stereocenters. The van der Waals surface area contributed by atoms with Crippen molar-refractivity contribution in [2.45, 2.75) is 33.7 Å². The third-order valence-electron chi connectivity index (χ3n) is 4.32. The molecule has 2 rings (SSSR count). The van der Waals surface area contributed by atoms with Crippen LogP contribution in [0.4, 0.5) is 0 Å². The first-order valence-corrected chi connectivity index (χ1v) is 9.77. The number of aliphatic imine (C=N–C) groups is 1. The molecule has 0 radical (unpaired) electrons. The molecule has 1 aliphatic rings. The van der Waals surface area contributed by atoms with Crippen molar-refractivity contribution in [2.75, 3.05) is 52.5 Å². The van der Waals surface area contributed by atoms with E-state index in [-0.39, 0.29) is 0 Å². The number of hydrogen-bond acceptors (Lipinski definition) is 4. The average molecular weight is 363 g/mol. The highest BCUT2D eigenvalue weighted by atomic mass is 16.5. The van der Waals surface area contributed by atoms with E-state index in [1.54, 1.807) is 0 Å². The van der Waals surface area contributed by atoms with E-state index in [9.17, 15) is 0 Å². The van der Waals surface area contributed by atoms with Crippen molar-refractivity contribution in [1.29, 1.82) is 0 Å². The molecule has 26 heavy (non-hydrogen) atoms. The molecule has 1 saturated heterocycles. The van der Waals surface area contributed by atoms with Crippen LogP contribution in [0.3, 0.4) is 0 Å². The Morgan fingerprint density at radius 1 is 1.23 bits per heavy atom. The molecule has 1 aromatic rings. The number of hydrogen-bond donors (Lipinski definition) is 2. The van der Waals surface area contributed by atoms with Crippen LogP contribution in [0.5, 0.6) is 5.75 Å². The predicted molar refractivity (Wildman–Crippen MR) is 107 cm³/mol. The molecule has 1 heterocycles. The minimum atomic E-state index is 0.606. The lowest BCUT2D eigenvalue weighted by molar-refractivity contribution is 0.0376. The molecule has 1 fully saturated rings. The van der Waals surface area contributed by atoms with Crippen molar-refractivity contribution in [1.82, 2.24) is 15.5 Å². The molecule has 0 unspecified atom stereocenters. The zero-order chi connectivity index (χ0) is 18.6. The zero-order valence-electron chi connectivity index (χ0n) is 16.5. The van der Waals surface area contributed by atoms with Crippen LogP contribution < -0.4 is 15.4 Å². The molecule has 0 bridgehead atoms. The number of benzene rings is 1. The lowest BCUT2D eigenvalue weighted by atomic mass is 10.1. The summed E-state index contributed by atoms with van der Waals surface area (Å²) in [5, 5.41) is 6.75. The van der Waals surface area contributed by atoms with E-state index in [1.165, 1.54) is 5.56 Å². The predicted octanol–water partition coefficient (Wildman–Crippen LogP) is 2.17. The van der Waals surface area contributed by atoms with Gasteiger partial charge in [-0.1, -0.05) is 12.1 Å². The number of nitrogens with zero attached hydrogens (tertiary/aromatic N) is 2. The Hall–Kier alpha value is -1.79. The first-order chi connectivity index (χ1) is 12.7. The van der Waals surface area contributed by atoms with Crippen LogP contribution in [0.1, 0.15) is 31.4 Å².